The van der Waals surface area contributed by atoms with E-state index in [0.29, 0.717) is 23.3 Å². The van der Waals surface area contributed by atoms with Gasteiger partial charge in [0.1, 0.15) is 5.75 Å². The molecule has 0 amide bonds. The number of fused-ring (bicyclic) bond motifs is 1. The summed E-state index contributed by atoms with van der Waals surface area (Å²) in [6.45, 7) is 13.1. The van der Waals surface area contributed by atoms with Crippen molar-refractivity contribution in [1.82, 2.24) is 14.2 Å². The number of aromatic nitrogens is 3. The van der Waals surface area contributed by atoms with Crippen molar-refractivity contribution in [3.63, 3.8) is 0 Å². The molecule has 5 aromatic rings. The van der Waals surface area contributed by atoms with E-state index in [1.807, 2.05) is 56.4 Å². The van der Waals surface area contributed by atoms with Crippen LogP contribution in [0.4, 0.5) is 0 Å². The third kappa shape index (κ3) is 5.02. The predicted molar refractivity (Wildman–Crippen MR) is 160 cm³/mol. The van der Waals surface area contributed by atoms with E-state index in [1.165, 1.54) is 15.8 Å². The van der Waals surface area contributed by atoms with Gasteiger partial charge in [-0.1, -0.05) is 32.0 Å². The summed E-state index contributed by atoms with van der Waals surface area (Å²) >= 11 is 0. The first-order valence-corrected chi connectivity index (χ1v) is 13.4. The minimum atomic E-state index is -0.212. The zero-order valence-electron chi connectivity index (χ0n) is 23.4. The van der Waals surface area contributed by atoms with Crippen LogP contribution in [0, 0.1) is 20.8 Å². The Morgan fingerprint density at radius 1 is 0.949 bits per heavy atom. The van der Waals surface area contributed by atoms with Crippen LogP contribution in [0.2, 0.25) is 0 Å². The van der Waals surface area contributed by atoms with E-state index >= 15 is 0 Å². The fraction of sp³-hybridized carbons (Fsp3) is 0.242. The Balaban J connectivity index is 1.70. The summed E-state index contributed by atoms with van der Waals surface area (Å²) in [4.78, 5) is 18.7. The molecule has 6 heteroatoms. The number of hydrogen-bond donors (Lipinski definition) is 0. The highest BCUT2D eigenvalue weighted by molar-refractivity contribution is 5.82. The third-order valence-electron chi connectivity index (χ3n) is 7.13. The van der Waals surface area contributed by atoms with Gasteiger partial charge in [-0.2, -0.15) is 9.78 Å². The lowest BCUT2D eigenvalue weighted by molar-refractivity contribution is 0.335. The van der Waals surface area contributed by atoms with Crippen LogP contribution in [-0.2, 0) is 0 Å². The number of nitrogens with zero attached hydrogens (tertiary/aromatic N) is 4. The van der Waals surface area contributed by atoms with Crippen LogP contribution in [0.25, 0.3) is 28.0 Å². The maximum absolute atomic E-state index is 13.8. The molecule has 0 bridgehead atoms. The molecule has 0 fully saturated rings. The lowest BCUT2D eigenvalue weighted by Crippen LogP contribution is -2.21. The fourth-order valence-electron chi connectivity index (χ4n) is 4.80. The molecule has 2 heterocycles. The van der Waals surface area contributed by atoms with Crippen LogP contribution in [0.3, 0.4) is 0 Å². The van der Waals surface area contributed by atoms with Crippen molar-refractivity contribution in [2.75, 3.05) is 6.61 Å². The Labute approximate surface area is 229 Å². The molecule has 3 aromatic carbocycles. The highest BCUT2D eigenvalue weighted by Gasteiger charge is 2.18. The van der Waals surface area contributed by atoms with E-state index in [-0.39, 0.29) is 11.5 Å². The van der Waals surface area contributed by atoms with Crippen molar-refractivity contribution >= 4 is 17.1 Å². The second-order valence-electron chi connectivity index (χ2n) is 10.2. The normalized spacial score (nSPS) is 11.7. The highest BCUT2D eigenvalue weighted by Crippen LogP contribution is 2.34. The highest BCUT2D eigenvalue weighted by atomic mass is 16.5. The van der Waals surface area contributed by atoms with E-state index in [1.54, 1.807) is 12.3 Å². The summed E-state index contributed by atoms with van der Waals surface area (Å²) < 4.78 is 9.43. The maximum atomic E-state index is 13.8. The summed E-state index contributed by atoms with van der Waals surface area (Å²) in [6, 6.07) is 21.8. The number of benzene rings is 3. The summed E-state index contributed by atoms with van der Waals surface area (Å²) in [7, 11) is 0. The van der Waals surface area contributed by atoms with E-state index < -0.39 is 0 Å². The van der Waals surface area contributed by atoms with Crippen molar-refractivity contribution in [1.29, 1.82) is 0 Å². The summed E-state index contributed by atoms with van der Waals surface area (Å²) in [6.07, 6.45) is 3.73. The van der Waals surface area contributed by atoms with Crippen LogP contribution in [-0.4, -0.2) is 27.0 Å². The Morgan fingerprint density at radius 2 is 1.74 bits per heavy atom. The fourth-order valence-corrected chi connectivity index (χ4v) is 4.80. The minimum Gasteiger partial charge on any atom is -0.494 e. The molecule has 5 rings (SSSR count). The Bertz CT molecular complexity index is 1760. The van der Waals surface area contributed by atoms with Gasteiger partial charge in [0.25, 0.3) is 5.56 Å². The van der Waals surface area contributed by atoms with Crippen molar-refractivity contribution in [2.45, 2.75) is 47.5 Å². The molecule has 39 heavy (non-hydrogen) atoms. The molecule has 0 radical (unpaired) electrons. The lowest BCUT2D eigenvalue weighted by atomic mass is 9.96. The van der Waals surface area contributed by atoms with Gasteiger partial charge in [-0.15, -0.1) is 0 Å². The average molecular weight is 519 g/mol. The van der Waals surface area contributed by atoms with Gasteiger partial charge < -0.3 is 9.30 Å². The van der Waals surface area contributed by atoms with Crippen molar-refractivity contribution in [2.24, 2.45) is 5.10 Å². The van der Waals surface area contributed by atoms with Gasteiger partial charge in [0, 0.05) is 17.4 Å². The van der Waals surface area contributed by atoms with Crippen LogP contribution in [0.1, 0.15) is 54.6 Å². The van der Waals surface area contributed by atoms with E-state index in [2.05, 4.69) is 56.5 Å². The molecule has 6 nitrogen and oxygen atoms in total. The average Bonchev–Trinajstić information content (AvgIpc) is 3.38. The Morgan fingerprint density at radius 3 is 2.49 bits per heavy atom. The van der Waals surface area contributed by atoms with Gasteiger partial charge in [-0.3, -0.25) is 4.79 Å². The molecule has 0 N–H and O–H groups in total. The number of aryl methyl sites for hydroxylation is 3. The zero-order valence-corrected chi connectivity index (χ0v) is 23.4. The molecule has 0 atom stereocenters. The smallest absolute Gasteiger partial charge is 0.282 e. The monoisotopic (exact) mass is 518 g/mol. The SMILES string of the molecule is CCOc1cc(C)c(-c2nc3ccccc3c(=O)n2N=Cc2cccn2-c2ccc(C)c(C)c2)cc1C(C)C. The van der Waals surface area contributed by atoms with E-state index in [4.69, 9.17) is 14.8 Å². The van der Waals surface area contributed by atoms with Crippen molar-refractivity contribution in [3.8, 4) is 22.8 Å². The van der Waals surface area contributed by atoms with Crippen molar-refractivity contribution < 1.29 is 4.74 Å². The number of ether oxygens (including phenoxy) is 1. The second kappa shape index (κ2) is 10.7. The topological polar surface area (TPSA) is 61.4 Å². The molecule has 0 spiro atoms. The summed E-state index contributed by atoms with van der Waals surface area (Å²) in [5.41, 5.74) is 7.67. The van der Waals surface area contributed by atoms with E-state index in [0.717, 1.165) is 33.8 Å². The Hall–Kier alpha value is -4.45. The first-order chi connectivity index (χ1) is 18.8. The number of para-hydroxylation sites is 1. The van der Waals surface area contributed by atoms with Crippen LogP contribution in [0.15, 0.2) is 82.8 Å². The standard InChI is InChI=1S/C33H34N4O2/c1-7-39-31-18-24(6)29(19-28(31)21(2)3)32-35-30-13-9-8-12-27(30)33(38)37(32)34-20-26-11-10-16-36(26)25-15-14-22(4)23(5)17-25/h8-21H,7H2,1-6H3. The minimum absolute atomic E-state index is 0.212. The molecule has 0 saturated heterocycles. The van der Waals surface area contributed by atoms with Crippen LogP contribution >= 0.6 is 0 Å². The molecular weight excluding hydrogens is 484 g/mol. The van der Waals surface area contributed by atoms with Gasteiger partial charge in [-0.25, -0.2) is 4.98 Å². The van der Waals surface area contributed by atoms with Crippen LogP contribution < -0.4 is 10.3 Å². The predicted octanol–water partition coefficient (Wildman–Crippen LogP) is 7.18. The first-order valence-electron chi connectivity index (χ1n) is 13.4. The Kier molecular flexibility index (Phi) is 7.20. The zero-order chi connectivity index (χ0) is 27.7. The first kappa shape index (κ1) is 26.2. The molecule has 0 saturated carbocycles. The lowest BCUT2D eigenvalue weighted by Gasteiger charge is -2.18. The maximum Gasteiger partial charge on any atom is 0.282 e. The quantitative estimate of drug-likeness (QED) is 0.214. The molecule has 0 unspecified atom stereocenters. The summed E-state index contributed by atoms with van der Waals surface area (Å²) in [5, 5.41) is 5.26. The molecule has 0 aliphatic rings. The van der Waals surface area contributed by atoms with Gasteiger partial charge in [-0.05, 0) is 104 Å². The summed E-state index contributed by atoms with van der Waals surface area (Å²) in [5.74, 6) is 1.59. The van der Waals surface area contributed by atoms with Gasteiger partial charge in [0.2, 0.25) is 0 Å². The molecule has 198 valence electrons. The van der Waals surface area contributed by atoms with Gasteiger partial charge in [0.05, 0.1) is 29.4 Å². The third-order valence-corrected chi connectivity index (χ3v) is 7.13. The van der Waals surface area contributed by atoms with Crippen molar-refractivity contribution in [3.05, 3.63) is 111 Å². The van der Waals surface area contributed by atoms with Gasteiger partial charge >= 0.3 is 0 Å². The number of rotatable bonds is 7. The molecule has 2 aromatic heterocycles. The van der Waals surface area contributed by atoms with Crippen LogP contribution in [0.5, 0.6) is 5.75 Å². The molecular formula is C33H34N4O2. The number of hydrogen-bond acceptors (Lipinski definition) is 4. The van der Waals surface area contributed by atoms with E-state index in [9.17, 15) is 4.79 Å². The second-order valence-corrected chi connectivity index (χ2v) is 10.2. The van der Waals surface area contributed by atoms with Gasteiger partial charge in [0.15, 0.2) is 5.82 Å². The molecule has 0 aliphatic carbocycles. The largest absolute Gasteiger partial charge is 0.494 e. The molecule has 0 aliphatic heterocycles.